The van der Waals surface area contributed by atoms with Crippen LogP contribution in [0.15, 0.2) is 53.7 Å². The third-order valence-corrected chi connectivity index (χ3v) is 5.42. The fourth-order valence-electron chi connectivity index (χ4n) is 2.94. The molecule has 1 aromatic carbocycles. The summed E-state index contributed by atoms with van der Waals surface area (Å²) in [6.45, 7) is 0.387. The molecule has 0 spiro atoms. The van der Waals surface area contributed by atoms with Gasteiger partial charge in [0.1, 0.15) is 11.5 Å². The Balaban J connectivity index is 1.72. The molecule has 0 aliphatic rings. The minimum Gasteiger partial charge on any atom is -0.365 e. The Morgan fingerprint density at radius 1 is 1.10 bits per heavy atom. The lowest BCUT2D eigenvalue weighted by atomic mass is 10.1. The second kappa shape index (κ2) is 7.39. The molecule has 0 fully saturated rings. The van der Waals surface area contributed by atoms with E-state index in [2.05, 4.69) is 25.4 Å². The van der Waals surface area contributed by atoms with Crippen molar-refractivity contribution in [3.05, 3.63) is 59.6 Å². The molecular weight excluding hydrogens is 414 g/mol. The van der Waals surface area contributed by atoms with Crippen molar-refractivity contribution in [2.45, 2.75) is 11.4 Å². The van der Waals surface area contributed by atoms with Gasteiger partial charge in [-0.25, -0.2) is 18.2 Å². The Morgan fingerprint density at radius 2 is 1.79 bits per heavy atom. The Labute approximate surface area is 171 Å². The molecule has 3 aromatic heterocycles. The molecule has 11 heteroatoms. The van der Waals surface area contributed by atoms with Gasteiger partial charge in [0.05, 0.1) is 10.3 Å². The van der Waals surface area contributed by atoms with Gasteiger partial charge in [-0.15, -0.1) is 0 Å². The van der Waals surface area contributed by atoms with E-state index in [0.29, 0.717) is 23.7 Å². The molecule has 0 amide bonds. The van der Waals surface area contributed by atoms with E-state index in [1.807, 2.05) is 12.1 Å². The Kier molecular flexibility index (Phi) is 4.91. The molecule has 29 heavy (non-hydrogen) atoms. The van der Waals surface area contributed by atoms with E-state index in [-0.39, 0.29) is 10.2 Å². The van der Waals surface area contributed by atoms with E-state index >= 15 is 0 Å². The largest absolute Gasteiger partial charge is 0.365 e. The first-order valence-corrected chi connectivity index (χ1v) is 10.4. The van der Waals surface area contributed by atoms with E-state index in [4.69, 9.17) is 16.7 Å². The van der Waals surface area contributed by atoms with Crippen LogP contribution in [0.1, 0.15) is 5.56 Å². The first-order chi connectivity index (χ1) is 13.8. The third kappa shape index (κ3) is 3.90. The zero-order valence-electron chi connectivity index (χ0n) is 15.2. The zero-order valence-corrected chi connectivity index (χ0v) is 16.8. The predicted octanol–water partition coefficient (Wildman–Crippen LogP) is 2.34. The SMILES string of the molecule is Cn1nc(-c2ccncc2)c2c(NCc3ccc(S(N)(=O)=O)cc3)nc(Cl)nc21. The lowest BCUT2D eigenvalue weighted by molar-refractivity contribution is 0.598. The van der Waals surface area contributed by atoms with Crippen molar-refractivity contribution in [3.8, 4) is 11.3 Å². The molecule has 0 saturated heterocycles. The Bertz CT molecular complexity index is 1290. The Hall–Kier alpha value is -3.08. The molecule has 0 bridgehead atoms. The highest BCUT2D eigenvalue weighted by Gasteiger charge is 2.18. The molecular formula is C18H16ClN7O2S. The van der Waals surface area contributed by atoms with Crippen molar-refractivity contribution in [1.29, 1.82) is 0 Å². The van der Waals surface area contributed by atoms with E-state index < -0.39 is 10.0 Å². The number of benzene rings is 1. The van der Waals surface area contributed by atoms with Crippen LogP contribution in [0.2, 0.25) is 5.28 Å². The minimum atomic E-state index is -3.73. The van der Waals surface area contributed by atoms with E-state index in [9.17, 15) is 8.42 Å². The van der Waals surface area contributed by atoms with E-state index in [0.717, 1.165) is 16.5 Å². The summed E-state index contributed by atoms with van der Waals surface area (Å²) >= 11 is 6.11. The second-order valence-corrected chi connectivity index (χ2v) is 8.19. The number of hydrogen-bond acceptors (Lipinski definition) is 7. The van der Waals surface area contributed by atoms with Crippen LogP contribution in [-0.4, -0.2) is 33.2 Å². The number of anilines is 1. The second-order valence-electron chi connectivity index (χ2n) is 6.29. The van der Waals surface area contributed by atoms with Gasteiger partial charge >= 0.3 is 0 Å². The number of fused-ring (bicyclic) bond motifs is 1. The van der Waals surface area contributed by atoms with Crippen molar-refractivity contribution in [2.75, 3.05) is 5.32 Å². The highest BCUT2D eigenvalue weighted by molar-refractivity contribution is 7.89. The van der Waals surface area contributed by atoms with Crippen LogP contribution in [0.4, 0.5) is 5.82 Å². The summed E-state index contributed by atoms with van der Waals surface area (Å²) in [5.41, 5.74) is 3.00. The van der Waals surface area contributed by atoms with Gasteiger partial charge < -0.3 is 5.32 Å². The first-order valence-electron chi connectivity index (χ1n) is 8.49. The number of aromatic nitrogens is 5. The number of aryl methyl sites for hydroxylation is 1. The lowest BCUT2D eigenvalue weighted by Crippen LogP contribution is -2.12. The standard InChI is InChI=1S/C18H16ClN7O2S/c1-26-17-14(15(25-26)12-6-8-21-9-7-12)16(23-18(19)24-17)22-10-11-2-4-13(5-3-11)29(20,27)28/h2-9H,10H2,1H3,(H2,20,27,28)(H,22,23,24). The van der Waals surface area contributed by atoms with Crippen LogP contribution in [0.3, 0.4) is 0 Å². The smallest absolute Gasteiger partial charge is 0.238 e. The van der Waals surface area contributed by atoms with Crippen molar-refractivity contribution in [1.82, 2.24) is 24.7 Å². The monoisotopic (exact) mass is 429 g/mol. The molecule has 0 radical (unpaired) electrons. The minimum absolute atomic E-state index is 0.0564. The zero-order chi connectivity index (χ0) is 20.6. The number of sulfonamides is 1. The van der Waals surface area contributed by atoms with Crippen LogP contribution in [0.25, 0.3) is 22.3 Å². The number of pyridine rings is 1. The highest BCUT2D eigenvalue weighted by atomic mass is 35.5. The summed E-state index contributed by atoms with van der Waals surface area (Å²) in [6.07, 6.45) is 3.37. The summed E-state index contributed by atoms with van der Waals surface area (Å²) < 4.78 is 24.4. The average Bonchev–Trinajstić information content (AvgIpc) is 3.03. The average molecular weight is 430 g/mol. The summed E-state index contributed by atoms with van der Waals surface area (Å²) in [7, 11) is -1.95. The fraction of sp³-hybridized carbons (Fsp3) is 0.111. The molecule has 4 aromatic rings. The third-order valence-electron chi connectivity index (χ3n) is 4.32. The number of hydrogen-bond donors (Lipinski definition) is 2. The lowest BCUT2D eigenvalue weighted by Gasteiger charge is -2.09. The van der Waals surface area contributed by atoms with Gasteiger partial charge in [-0.1, -0.05) is 12.1 Å². The number of nitrogens with one attached hydrogen (secondary N) is 1. The van der Waals surface area contributed by atoms with Gasteiger partial charge in [-0.2, -0.15) is 15.1 Å². The summed E-state index contributed by atoms with van der Waals surface area (Å²) in [5, 5.41) is 13.8. The maximum Gasteiger partial charge on any atom is 0.238 e. The van der Waals surface area contributed by atoms with Crippen LogP contribution < -0.4 is 10.5 Å². The summed E-state index contributed by atoms with van der Waals surface area (Å²) in [6, 6.07) is 9.99. The van der Waals surface area contributed by atoms with Gasteiger partial charge in [0.15, 0.2) is 5.65 Å². The van der Waals surface area contributed by atoms with Gasteiger partial charge in [-0.05, 0) is 41.4 Å². The maximum absolute atomic E-state index is 11.4. The molecule has 3 heterocycles. The topological polar surface area (TPSA) is 129 Å². The molecule has 0 aliphatic carbocycles. The molecule has 3 N–H and O–H groups in total. The van der Waals surface area contributed by atoms with Gasteiger partial charge in [0, 0.05) is 31.5 Å². The normalized spacial score (nSPS) is 11.7. The van der Waals surface area contributed by atoms with Crippen molar-refractivity contribution in [2.24, 2.45) is 12.2 Å². The number of nitrogens with two attached hydrogens (primary N) is 1. The molecule has 9 nitrogen and oxygen atoms in total. The number of rotatable bonds is 5. The highest BCUT2D eigenvalue weighted by Crippen LogP contribution is 2.32. The van der Waals surface area contributed by atoms with Crippen molar-refractivity contribution < 1.29 is 8.42 Å². The summed E-state index contributed by atoms with van der Waals surface area (Å²) in [4.78, 5) is 12.7. The van der Waals surface area contributed by atoms with Crippen molar-refractivity contribution in [3.63, 3.8) is 0 Å². The molecule has 0 aliphatic heterocycles. The molecule has 0 saturated carbocycles. The maximum atomic E-state index is 11.4. The van der Waals surface area contributed by atoms with Gasteiger partial charge in [0.25, 0.3) is 0 Å². The number of nitrogens with zero attached hydrogens (tertiary/aromatic N) is 5. The van der Waals surface area contributed by atoms with Crippen LogP contribution in [0.5, 0.6) is 0 Å². The molecule has 0 unspecified atom stereocenters. The Morgan fingerprint density at radius 3 is 2.45 bits per heavy atom. The van der Waals surface area contributed by atoms with E-state index in [1.165, 1.54) is 12.1 Å². The van der Waals surface area contributed by atoms with Gasteiger partial charge in [0.2, 0.25) is 15.3 Å². The first kappa shape index (κ1) is 19.2. The number of primary sulfonamides is 1. The molecule has 4 rings (SSSR count). The van der Waals surface area contributed by atoms with E-state index in [1.54, 1.807) is 36.3 Å². The number of halogens is 1. The fourth-order valence-corrected chi connectivity index (χ4v) is 3.62. The van der Waals surface area contributed by atoms with Crippen molar-refractivity contribution >= 4 is 38.5 Å². The summed E-state index contributed by atoms with van der Waals surface area (Å²) in [5.74, 6) is 0.524. The molecule has 148 valence electrons. The predicted molar refractivity (Wildman–Crippen MR) is 110 cm³/mol. The quantitative estimate of drug-likeness (QED) is 0.466. The van der Waals surface area contributed by atoms with Crippen LogP contribution in [-0.2, 0) is 23.6 Å². The van der Waals surface area contributed by atoms with Crippen LogP contribution >= 0.6 is 11.6 Å². The van der Waals surface area contributed by atoms with Gasteiger partial charge in [-0.3, -0.25) is 4.98 Å². The molecule has 0 atom stereocenters. The van der Waals surface area contributed by atoms with Crippen LogP contribution in [0, 0.1) is 0 Å².